The van der Waals surface area contributed by atoms with Gasteiger partial charge in [-0.05, 0) is 12.1 Å². The summed E-state index contributed by atoms with van der Waals surface area (Å²) in [5, 5.41) is 3.22. The number of fused-ring (bicyclic) bond motifs is 1. The molecule has 0 spiro atoms. The van der Waals surface area contributed by atoms with Crippen LogP contribution in [0.3, 0.4) is 0 Å². The lowest BCUT2D eigenvalue weighted by molar-refractivity contribution is 0.0992. The number of primary amides is 1. The van der Waals surface area contributed by atoms with Gasteiger partial charge in [0.25, 0.3) is 15.0 Å². The van der Waals surface area contributed by atoms with Crippen LogP contribution in [-0.2, 0) is 9.05 Å². The van der Waals surface area contributed by atoms with Gasteiger partial charge in [-0.3, -0.25) is 4.79 Å². The number of carbonyl (C=O) groups excluding carboxylic acids is 1. The van der Waals surface area contributed by atoms with Crippen LogP contribution in [0.5, 0.6) is 0 Å². The second kappa shape index (κ2) is 3.42. The van der Waals surface area contributed by atoms with Gasteiger partial charge < -0.3 is 5.73 Å². The largest absolute Gasteiger partial charge is 0.364 e. The van der Waals surface area contributed by atoms with E-state index in [4.69, 9.17) is 16.4 Å². The van der Waals surface area contributed by atoms with Gasteiger partial charge in [0.1, 0.15) is 0 Å². The summed E-state index contributed by atoms with van der Waals surface area (Å²) in [5.74, 6) is -0.982. The van der Waals surface area contributed by atoms with Gasteiger partial charge in [0.2, 0.25) is 5.03 Å². The third-order valence-corrected chi connectivity index (χ3v) is 3.08. The van der Waals surface area contributed by atoms with E-state index in [1.165, 1.54) is 18.3 Å². The van der Waals surface area contributed by atoms with E-state index in [2.05, 4.69) is 10.1 Å². The fourth-order valence-corrected chi connectivity index (χ4v) is 2.39. The summed E-state index contributed by atoms with van der Waals surface area (Å²) in [7, 11) is 1.04. The summed E-state index contributed by atoms with van der Waals surface area (Å²) in [6.45, 7) is 0. The van der Waals surface area contributed by atoms with Crippen LogP contribution in [0.15, 0.2) is 23.4 Å². The number of aromatic nitrogens is 3. The maximum Gasteiger partial charge on any atom is 0.281 e. The van der Waals surface area contributed by atoms with E-state index in [1.807, 2.05) is 0 Å². The van der Waals surface area contributed by atoms with Crippen LogP contribution in [0, 0.1) is 0 Å². The lowest BCUT2D eigenvalue weighted by Gasteiger charge is -1.96. The maximum atomic E-state index is 11.3. The molecule has 0 radical (unpaired) electrons. The maximum absolute atomic E-state index is 11.3. The van der Waals surface area contributed by atoms with Crippen molar-refractivity contribution in [3.05, 3.63) is 24.0 Å². The number of nitrogens with zero attached hydrogens (tertiary/aromatic N) is 3. The fourth-order valence-electron chi connectivity index (χ4n) is 1.25. The highest BCUT2D eigenvalue weighted by Gasteiger charge is 2.26. The summed E-state index contributed by atoms with van der Waals surface area (Å²) in [4.78, 5) is 14.8. The average molecular weight is 261 g/mol. The molecular formula is C7H5ClN4O3S. The number of carbonyl (C=O) groups is 1. The quantitative estimate of drug-likeness (QED) is 0.750. The van der Waals surface area contributed by atoms with E-state index >= 15 is 0 Å². The summed E-state index contributed by atoms with van der Waals surface area (Å²) in [6.07, 6.45) is 1.34. The van der Waals surface area contributed by atoms with Gasteiger partial charge in [-0.15, -0.1) is 0 Å². The molecule has 2 heterocycles. The van der Waals surface area contributed by atoms with Gasteiger partial charge in [-0.2, -0.15) is 5.10 Å². The Bertz CT molecular complexity index is 678. The molecule has 0 aliphatic carbocycles. The van der Waals surface area contributed by atoms with Crippen molar-refractivity contribution in [3.8, 4) is 0 Å². The van der Waals surface area contributed by atoms with Crippen LogP contribution < -0.4 is 5.73 Å². The Morgan fingerprint density at radius 1 is 1.50 bits per heavy atom. The van der Waals surface area contributed by atoms with E-state index in [9.17, 15) is 13.2 Å². The van der Waals surface area contributed by atoms with Crippen LogP contribution in [0.25, 0.3) is 5.65 Å². The van der Waals surface area contributed by atoms with Crippen LogP contribution in [-0.4, -0.2) is 28.9 Å². The minimum Gasteiger partial charge on any atom is -0.364 e. The molecule has 1 amide bonds. The minimum absolute atomic E-state index is 0.176. The molecule has 2 aromatic heterocycles. The Kier molecular flexibility index (Phi) is 2.32. The highest BCUT2D eigenvalue weighted by Crippen LogP contribution is 2.20. The predicted octanol–water partition coefficient (Wildman–Crippen LogP) is -0.244. The molecule has 9 heteroatoms. The first-order valence-corrected chi connectivity index (χ1v) is 6.30. The number of nitrogens with two attached hydrogens (primary N) is 1. The first-order chi connectivity index (χ1) is 7.41. The van der Waals surface area contributed by atoms with E-state index in [1.54, 1.807) is 0 Å². The molecule has 0 aliphatic heterocycles. The van der Waals surface area contributed by atoms with Gasteiger partial charge >= 0.3 is 0 Å². The highest BCUT2D eigenvalue weighted by atomic mass is 35.7. The molecule has 2 rings (SSSR count). The molecule has 7 nitrogen and oxygen atoms in total. The van der Waals surface area contributed by atoms with Gasteiger partial charge in [0.15, 0.2) is 11.3 Å². The third kappa shape index (κ3) is 1.61. The summed E-state index contributed by atoms with van der Waals surface area (Å²) >= 11 is 0. The molecule has 0 aromatic carbocycles. The van der Waals surface area contributed by atoms with E-state index in [0.29, 0.717) is 0 Å². The lowest BCUT2D eigenvalue weighted by atomic mass is 10.5. The second-order valence-corrected chi connectivity index (χ2v) is 5.34. The van der Waals surface area contributed by atoms with Gasteiger partial charge in [0, 0.05) is 16.9 Å². The van der Waals surface area contributed by atoms with Crippen molar-refractivity contribution in [2.24, 2.45) is 5.73 Å². The lowest BCUT2D eigenvalue weighted by Crippen LogP contribution is -2.15. The van der Waals surface area contributed by atoms with Crippen molar-refractivity contribution in [3.63, 3.8) is 0 Å². The van der Waals surface area contributed by atoms with E-state index in [0.717, 1.165) is 4.52 Å². The number of imidazole rings is 1. The summed E-state index contributed by atoms with van der Waals surface area (Å²) in [6, 6.07) is 3.02. The van der Waals surface area contributed by atoms with Gasteiger partial charge in [-0.25, -0.2) is 17.9 Å². The Labute approximate surface area is 94.3 Å². The van der Waals surface area contributed by atoms with Crippen LogP contribution in [0.4, 0.5) is 0 Å². The molecule has 84 valence electrons. The fraction of sp³-hybridized carbons (Fsp3) is 0. The Morgan fingerprint density at radius 3 is 2.75 bits per heavy atom. The SMILES string of the molecule is NC(=O)c1nc2cccnn2c1S(=O)(=O)Cl. The number of amides is 1. The van der Waals surface area contributed by atoms with Crippen molar-refractivity contribution in [1.29, 1.82) is 0 Å². The zero-order valence-electron chi connectivity index (χ0n) is 7.66. The number of hydrogen-bond acceptors (Lipinski definition) is 5. The molecular weight excluding hydrogens is 256 g/mol. The molecule has 0 aliphatic rings. The van der Waals surface area contributed by atoms with Gasteiger partial charge in [-0.1, -0.05) is 0 Å². The second-order valence-electron chi connectivity index (χ2n) is 2.86. The Morgan fingerprint density at radius 2 is 2.19 bits per heavy atom. The minimum atomic E-state index is -4.15. The Hall–Kier alpha value is -1.67. The van der Waals surface area contributed by atoms with E-state index < -0.39 is 25.7 Å². The Balaban J connectivity index is 2.97. The summed E-state index contributed by atoms with van der Waals surface area (Å²) in [5.41, 5.74) is 4.76. The molecule has 0 atom stereocenters. The van der Waals surface area contributed by atoms with Crippen LogP contribution in [0.2, 0.25) is 0 Å². The van der Waals surface area contributed by atoms with Gasteiger partial charge in [0.05, 0.1) is 0 Å². The van der Waals surface area contributed by atoms with Crippen molar-refractivity contribution in [2.45, 2.75) is 5.03 Å². The van der Waals surface area contributed by atoms with E-state index in [-0.39, 0.29) is 5.65 Å². The number of rotatable bonds is 2. The topological polar surface area (TPSA) is 107 Å². The third-order valence-electron chi connectivity index (χ3n) is 1.82. The number of hydrogen-bond donors (Lipinski definition) is 1. The monoisotopic (exact) mass is 260 g/mol. The van der Waals surface area contributed by atoms with Crippen molar-refractivity contribution in [2.75, 3.05) is 0 Å². The molecule has 0 bridgehead atoms. The van der Waals surface area contributed by atoms with Crippen LogP contribution >= 0.6 is 10.7 Å². The first kappa shape index (κ1) is 10.8. The molecule has 0 fully saturated rings. The molecule has 0 unspecified atom stereocenters. The smallest absolute Gasteiger partial charge is 0.281 e. The molecule has 0 saturated carbocycles. The zero-order valence-corrected chi connectivity index (χ0v) is 9.23. The number of halogens is 1. The van der Waals surface area contributed by atoms with Crippen molar-refractivity contribution in [1.82, 2.24) is 14.6 Å². The summed E-state index contributed by atoms with van der Waals surface area (Å²) < 4.78 is 23.5. The van der Waals surface area contributed by atoms with Crippen molar-refractivity contribution >= 4 is 31.3 Å². The highest BCUT2D eigenvalue weighted by molar-refractivity contribution is 8.13. The molecule has 2 N–H and O–H groups in total. The molecule has 2 aromatic rings. The molecule has 16 heavy (non-hydrogen) atoms. The van der Waals surface area contributed by atoms with Crippen molar-refractivity contribution < 1.29 is 13.2 Å². The molecule has 0 saturated heterocycles. The predicted molar refractivity (Wildman–Crippen MR) is 54.5 cm³/mol. The average Bonchev–Trinajstić information content (AvgIpc) is 2.55. The first-order valence-electron chi connectivity index (χ1n) is 3.99. The normalized spacial score (nSPS) is 11.8. The van der Waals surface area contributed by atoms with Crippen LogP contribution in [0.1, 0.15) is 10.5 Å². The zero-order chi connectivity index (χ0) is 11.9. The standard InChI is InChI=1S/C7H5ClN4O3S/c8-16(14,15)7-5(6(9)13)11-4-2-1-3-10-12(4)7/h1-3H,(H2,9,13).